The Kier molecular flexibility index (Phi) is 7.51. The average molecular weight is 350 g/mol. The van der Waals surface area contributed by atoms with E-state index in [0.29, 0.717) is 25.0 Å². The van der Waals surface area contributed by atoms with E-state index in [-0.39, 0.29) is 17.6 Å². The van der Waals surface area contributed by atoms with Crippen molar-refractivity contribution in [3.8, 4) is 0 Å². The summed E-state index contributed by atoms with van der Waals surface area (Å²) in [6.45, 7) is 6.11. The number of allylic oxidation sites excluding steroid dienone is 2. The summed E-state index contributed by atoms with van der Waals surface area (Å²) in [5, 5.41) is 0. The van der Waals surface area contributed by atoms with Crippen LogP contribution < -0.4 is 0 Å². The lowest BCUT2D eigenvalue weighted by molar-refractivity contribution is 0.0248. The van der Waals surface area contributed by atoms with Gasteiger partial charge in [-0.1, -0.05) is 42.5 Å². The molecule has 1 aliphatic rings. The lowest BCUT2D eigenvalue weighted by Gasteiger charge is -2.25. The first-order valence-corrected chi connectivity index (χ1v) is 8.69. The van der Waals surface area contributed by atoms with E-state index in [4.69, 9.17) is 4.74 Å². The first kappa shape index (κ1) is 19.5. The van der Waals surface area contributed by atoms with Crippen LogP contribution in [-0.2, 0) is 11.2 Å². The number of hydrogen-bond donors (Lipinski definition) is 0. The number of aryl methyl sites for hydroxylation is 1. The number of ether oxygens (including phenoxy) is 1. The fourth-order valence-corrected chi connectivity index (χ4v) is 2.99. The summed E-state index contributed by atoms with van der Waals surface area (Å²) in [7, 11) is 0. The minimum atomic E-state index is -2.84. The molecule has 0 aliphatic carbocycles. The van der Waals surface area contributed by atoms with Crippen molar-refractivity contribution in [1.29, 1.82) is 0 Å². The van der Waals surface area contributed by atoms with E-state index in [1.165, 1.54) is 0 Å². The van der Waals surface area contributed by atoms with Gasteiger partial charge in [-0.05, 0) is 43.7 Å². The summed E-state index contributed by atoms with van der Waals surface area (Å²) >= 11 is 0. The maximum absolute atomic E-state index is 14.5. The second-order valence-corrected chi connectivity index (χ2v) is 6.25. The third kappa shape index (κ3) is 5.33. The van der Waals surface area contributed by atoms with Gasteiger partial charge < -0.3 is 4.74 Å². The predicted molar refractivity (Wildman–Crippen MR) is 96.2 cm³/mol. The van der Waals surface area contributed by atoms with Crippen LogP contribution in [0.1, 0.15) is 49.3 Å². The topological polar surface area (TPSA) is 9.23 Å². The van der Waals surface area contributed by atoms with Crippen LogP contribution in [0.5, 0.6) is 0 Å². The molecule has 2 unspecified atom stereocenters. The van der Waals surface area contributed by atoms with E-state index >= 15 is 0 Å². The van der Waals surface area contributed by atoms with Crippen molar-refractivity contribution in [2.45, 2.75) is 45.1 Å². The Labute approximate surface area is 147 Å². The monoisotopic (exact) mass is 350 g/mol. The zero-order chi connectivity index (χ0) is 18.2. The smallest absolute Gasteiger partial charge is 0.267 e. The van der Waals surface area contributed by atoms with E-state index in [1.54, 1.807) is 24.3 Å². The Bertz CT molecular complexity index is 626. The third-order valence-electron chi connectivity index (χ3n) is 4.48. The van der Waals surface area contributed by atoms with E-state index in [2.05, 4.69) is 6.58 Å². The molecule has 1 saturated heterocycles. The summed E-state index contributed by atoms with van der Waals surface area (Å²) in [4.78, 5) is 0. The predicted octanol–water partition coefficient (Wildman–Crippen LogP) is 6.27. The van der Waals surface area contributed by atoms with Gasteiger partial charge in [0.25, 0.3) is 6.43 Å². The number of rotatable bonds is 7. The Morgan fingerprint density at radius 1 is 1.32 bits per heavy atom. The van der Waals surface area contributed by atoms with Crippen LogP contribution in [0.3, 0.4) is 0 Å². The van der Waals surface area contributed by atoms with E-state index in [9.17, 15) is 13.2 Å². The molecule has 1 aliphatic heterocycles. The largest absolute Gasteiger partial charge is 0.374 e. The highest BCUT2D eigenvalue weighted by molar-refractivity contribution is 5.56. The highest BCUT2D eigenvalue weighted by atomic mass is 19.3. The van der Waals surface area contributed by atoms with Gasteiger partial charge in [0.2, 0.25) is 0 Å². The minimum Gasteiger partial charge on any atom is -0.374 e. The molecular formula is C21H25F3O. The fraction of sp³-hybridized carbons (Fsp3) is 0.429. The number of alkyl halides is 2. The van der Waals surface area contributed by atoms with Crippen molar-refractivity contribution < 1.29 is 17.9 Å². The van der Waals surface area contributed by atoms with Crippen LogP contribution in [0, 0.1) is 11.7 Å². The summed E-state index contributed by atoms with van der Waals surface area (Å²) in [5.74, 6) is -0.632. The van der Waals surface area contributed by atoms with Crippen LogP contribution in [0.2, 0.25) is 0 Å². The summed E-state index contributed by atoms with van der Waals surface area (Å²) in [6, 6.07) is 3.19. The van der Waals surface area contributed by atoms with Crippen LogP contribution in [0.15, 0.2) is 43.0 Å². The lowest BCUT2D eigenvalue weighted by atomic mass is 9.95. The molecule has 2 rings (SSSR count). The molecule has 0 aromatic heterocycles. The first-order chi connectivity index (χ1) is 12.1. The molecule has 1 fully saturated rings. The Morgan fingerprint density at radius 3 is 2.72 bits per heavy atom. The number of hydrogen-bond acceptors (Lipinski definition) is 1. The normalized spacial score (nSPS) is 21.5. The van der Waals surface area contributed by atoms with Crippen molar-refractivity contribution in [1.82, 2.24) is 0 Å². The van der Waals surface area contributed by atoms with Crippen LogP contribution in [0.4, 0.5) is 13.2 Å². The summed E-state index contributed by atoms with van der Waals surface area (Å²) < 4.78 is 46.9. The molecule has 0 radical (unpaired) electrons. The number of benzene rings is 1. The van der Waals surface area contributed by atoms with Crippen molar-refractivity contribution in [3.05, 3.63) is 65.5 Å². The molecule has 25 heavy (non-hydrogen) atoms. The van der Waals surface area contributed by atoms with Gasteiger partial charge in [0.15, 0.2) is 0 Å². The molecule has 0 bridgehead atoms. The van der Waals surface area contributed by atoms with Crippen LogP contribution in [-0.4, -0.2) is 12.7 Å². The highest BCUT2D eigenvalue weighted by Gasteiger charge is 2.21. The van der Waals surface area contributed by atoms with Gasteiger partial charge in [-0.2, -0.15) is 0 Å². The molecule has 1 aromatic carbocycles. The Balaban J connectivity index is 2.15. The van der Waals surface area contributed by atoms with Gasteiger partial charge in [0.05, 0.1) is 18.3 Å². The molecule has 1 aromatic rings. The lowest BCUT2D eigenvalue weighted by Crippen LogP contribution is -2.22. The van der Waals surface area contributed by atoms with Crippen molar-refractivity contribution in [2.24, 2.45) is 5.92 Å². The van der Waals surface area contributed by atoms with Crippen LogP contribution >= 0.6 is 0 Å². The highest BCUT2D eigenvalue weighted by Crippen LogP contribution is 2.30. The minimum absolute atomic E-state index is 0.0650. The SMILES string of the molecule is C=CC1CCC(/C=C/c2ccc(CC/C=C/C)c(F)c2C(F)F)CO1. The van der Waals surface area contributed by atoms with Crippen molar-refractivity contribution in [2.75, 3.05) is 6.61 Å². The zero-order valence-electron chi connectivity index (χ0n) is 14.6. The van der Waals surface area contributed by atoms with Gasteiger partial charge in [0.1, 0.15) is 5.82 Å². The molecule has 0 saturated carbocycles. The zero-order valence-corrected chi connectivity index (χ0v) is 14.6. The second kappa shape index (κ2) is 9.62. The van der Waals surface area contributed by atoms with Gasteiger partial charge in [-0.25, -0.2) is 13.2 Å². The molecule has 0 spiro atoms. The maximum atomic E-state index is 14.5. The molecule has 1 heterocycles. The van der Waals surface area contributed by atoms with Crippen LogP contribution in [0.25, 0.3) is 6.08 Å². The molecule has 0 amide bonds. The van der Waals surface area contributed by atoms with E-state index < -0.39 is 17.8 Å². The standard InChI is InChI=1S/C21H25F3O/c1-3-5-6-7-17-12-11-16(19(20(17)22)21(23)24)10-8-15-9-13-18(4-2)25-14-15/h3-5,8,10-12,15,18,21H,2,6-7,9,13-14H2,1H3/b5-3+,10-8+. The fourth-order valence-electron chi connectivity index (χ4n) is 2.99. The molecule has 0 N–H and O–H groups in total. The molecule has 1 nitrogen and oxygen atoms in total. The molecule has 136 valence electrons. The average Bonchev–Trinajstić information content (AvgIpc) is 2.61. The Hall–Kier alpha value is -1.81. The van der Waals surface area contributed by atoms with Gasteiger partial charge in [-0.3, -0.25) is 0 Å². The molecule has 4 heteroatoms. The Morgan fingerprint density at radius 2 is 2.12 bits per heavy atom. The first-order valence-electron chi connectivity index (χ1n) is 8.69. The van der Waals surface area contributed by atoms with Gasteiger partial charge >= 0.3 is 0 Å². The number of halogens is 3. The van der Waals surface area contributed by atoms with E-state index in [1.807, 2.05) is 25.2 Å². The van der Waals surface area contributed by atoms with Crippen molar-refractivity contribution >= 4 is 6.08 Å². The molecular weight excluding hydrogens is 325 g/mol. The summed E-state index contributed by atoms with van der Waals surface area (Å²) in [6.07, 6.45) is 9.03. The maximum Gasteiger partial charge on any atom is 0.267 e. The van der Waals surface area contributed by atoms with E-state index in [0.717, 1.165) is 12.8 Å². The van der Waals surface area contributed by atoms with Gasteiger partial charge in [-0.15, -0.1) is 6.58 Å². The van der Waals surface area contributed by atoms with Crippen molar-refractivity contribution in [3.63, 3.8) is 0 Å². The second-order valence-electron chi connectivity index (χ2n) is 6.25. The molecule has 2 atom stereocenters. The van der Waals surface area contributed by atoms with Gasteiger partial charge in [0, 0.05) is 5.92 Å². The summed E-state index contributed by atoms with van der Waals surface area (Å²) in [5.41, 5.74) is 0.0726. The quantitative estimate of drug-likeness (QED) is 0.527. The third-order valence-corrected chi connectivity index (χ3v) is 4.48.